The molecule has 0 heterocycles. The number of rotatable bonds is 0. The molecule has 6 heavy (non-hydrogen) atoms. The Morgan fingerprint density at radius 1 is 1.50 bits per heavy atom. The van der Waals surface area contributed by atoms with Crippen molar-refractivity contribution in [1.82, 2.24) is 0 Å². The fraction of sp³-hybridized carbons (Fsp3) is 0.667. The van der Waals surface area contributed by atoms with Gasteiger partial charge in [0.2, 0.25) is 0 Å². The van der Waals surface area contributed by atoms with E-state index < -0.39 is 0 Å². The van der Waals surface area contributed by atoms with Crippen molar-refractivity contribution in [2.75, 3.05) is 0 Å². The quantitative estimate of drug-likeness (QED) is 0.343. The van der Waals surface area contributed by atoms with Gasteiger partial charge in [-0.25, -0.2) is 0 Å². The molecule has 33 valence electrons. The molecule has 3 heteroatoms. The molecule has 0 atom stereocenters. The second-order valence-corrected chi connectivity index (χ2v) is 0.908. The topological polar surface area (TPSA) is 17.1 Å². The minimum atomic E-state index is 0. The molecule has 0 aromatic heterocycles. The Morgan fingerprint density at radius 2 is 1.50 bits per heavy atom. The summed E-state index contributed by atoms with van der Waals surface area (Å²) in [6.07, 6.45) is 0. The number of carbonyl (C=O) groups excluding carboxylic acids is 1. The van der Waals surface area contributed by atoms with Crippen LogP contribution in [0.3, 0.4) is 0 Å². The molecule has 1 radical (unpaired) electrons. The normalized spacial score (nSPS) is 4.33. The van der Waals surface area contributed by atoms with Crippen LogP contribution in [-0.4, -0.2) is 5.78 Å². The molecule has 0 aliphatic carbocycles. The second kappa shape index (κ2) is 9.50. The molecule has 0 unspecified atom stereocenters. The van der Waals surface area contributed by atoms with Gasteiger partial charge in [0, 0.05) is 17.1 Å². The molecule has 0 spiro atoms. The van der Waals surface area contributed by atoms with E-state index in [1.54, 1.807) is 0 Å². The van der Waals surface area contributed by atoms with Crippen molar-refractivity contribution >= 4 is 5.78 Å². The summed E-state index contributed by atoms with van der Waals surface area (Å²) in [5.74, 6) is 0.167. The molecule has 0 saturated heterocycles. The first-order valence-electron chi connectivity index (χ1n) is 1.20. The monoisotopic (exact) mass is 137 g/mol. The summed E-state index contributed by atoms with van der Waals surface area (Å²) >= 11 is 0. The van der Waals surface area contributed by atoms with E-state index in [-0.39, 0.29) is 53.8 Å². The maximum absolute atomic E-state index is 9.44. The van der Waals surface area contributed by atoms with E-state index in [0.717, 1.165) is 0 Å². The van der Waals surface area contributed by atoms with Crippen LogP contribution < -0.4 is 29.6 Å². The predicted molar refractivity (Wildman–Crippen MR) is 17.5 cm³/mol. The van der Waals surface area contributed by atoms with E-state index in [1.165, 1.54) is 13.8 Å². The third kappa shape index (κ3) is 64.4. The van der Waals surface area contributed by atoms with Gasteiger partial charge in [-0.15, -0.1) is 0 Å². The van der Waals surface area contributed by atoms with Crippen molar-refractivity contribution in [2.45, 2.75) is 13.8 Å². The van der Waals surface area contributed by atoms with Crippen LogP contribution in [0.4, 0.5) is 0 Å². The maximum Gasteiger partial charge on any atom is 1.00 e. The molecule has 0 saturated carbocycles. The summed E-state index contributed by atoms with van der Waals surface area (Å²) < 4.78 is 0. The van der Waals surface area contributed by atoms with Gasteiger partial charge in [0.05, 0.1) is 0 Å². The van der Waals surface area contributed by atoms with Crippen LogP contribution in [0.2, 0.25) is 0 Å². The van der Waals surface area contributed by atoms with E-state index in [4.69, 9.17) is 0 Å². The van der Waals surface area contributed by atoms with Gasteiger partial charge in [-0.05, 0) is 13.8 Å². The average molecular weight is 137 g/mol. The van der Waals surface area contributed by atoms with Crippen molar-refractivity contribution in [3.05, 3.63) is 0 Å². The molecule has 0 aliphatic heterocycles. The Kier molecular flexibility index (Phi) is 24.8. The number of hydrogen-bond acceptors (Lipinski definition) is 1. The zero-order valence-electron chi connectivity index (χ0n) is 5.29. The van der Waals surface area contributed by atoms with Gasteiger partial charge in [-0.3, -0.25) is 0 Å². The number of carbonyl (C=O) groups is 1. The first-order valence-corrected chi connectivity index (χ1v) is 1.20. The summed E-state index contributed by atoms with van der Waals surface area (Å²) in [4.78, 5) is 9.44. The van der Waals surface area contributed by atoms with Crippen LogP contribution >= 0.6 is 0 Å². The molecule has 1 nitrogen and oxygen atoms in total. The minimum absolute atomic E-state index is 0. The molecule has 0 fully saturated rings. The largest absolute Gasteiger partial charge is 1.00 e. The van der Waals surface area contributed by atoms with Crippen LogP contribution in [0, 0.1) is 0 Å². The molecule has 0 rings (SSSR count). The SMILES string of the molecule is CC(C)=O.[H-].[Mn].[Na+]. The van der Waals surface area contributed by atoms with Gasteiger partial charge in [0.25, 0.3) is 0 Å². The Labute approximate surface area is 72.1 Å². The smallest absolute Gasteiger partial charge is 1.00 e. The van der Waals surface area contributed by atoms with Crippen molar-refractivity contribution in [3.63, 3.8) is 0 Å². The number of Topliss-reactive ketones (excluding diaryl/α,β-unsaturated/α-hetero) is 1. The van der Waals surface area contributed by atoms with Gasteiger partial charge in [-0.2, -0.15) is 0 Å². The zero-order chi connectivity index (χ0) is 3.58. The van der Waals surface area contributed by atoms with E-state index in [9.17, 15) is 4.79 Å². The van der Waals surface area contributed by atoms with E-state index in [1.807, 2.05) is 0 Å². The molecule has 0 aromatic carbocycles. The van der Waals surface area contributed by atoms with Crippen molar-refractivity contribution in [3.8, 4) is 0 Å². The maximum atomic E-state index is 9.44. The standard InChI is InChI=1S/C3H6O.Mn.Na.H/c1-3(2)4;;;/h1-2H3;;;/q;;+1;-1. The van der Waals surface area contributed by atoms with Crippen LogP contribution in [0.25, 0.3) is 0 Å². The molecule has 0 bridgehead atoms. The molecule has 0 N–H and O–H groups in total. The summed E-state index contributed by atoms with van der Waals surface area (Å²) in [6, 6.07) is 0. The molecular formula is C3H7MnNaO. The minimum Gasteiger partial charge on any atom is -1.00 e. The van der Waals surface area contributed by atoms with Crippen LogP contribution in [0.15, 0.2) is 0 Å². The average Bonchev–Trinajstić information content (AvgIpc) is 0.811. The van der Waals surface area contributed by atoms with Crippen LogP contribution in [-0.2, 0) is 21.9 Å². The van der Waals surface area contributed by atoms with Gasteiger partial charge in [0.1, 0.15) is 5.78 Å². The fourth-order valence-electron chi connectivity index (χ4n) is 0. The van der Waals surface area contributed by atoms with Crippen molar-refractivity contribution in [2.24, 2.45) is 0 Å². The number of hydrogen-bond donors (Lipinski definition) is 0. The molecule has 0 aliphatic rings. The van der Waals surface area contributed by atoms with E-state index >= 15 is 0 Å². The molecule has 0 amide bonds. The van der Waals surface area contributed by atoms with E-state index in [0.29, 0.717) is 0 Å². The molecule has 0 aromatic rings. The zero-order valence-corrected chi connectivity index (χ0v) is 7.47. The van der Waals surface area contributed by atoms with Gasteiger partial charge >= 0.3 is 29.6 Å². The Balaban J connectivity index is -0.0000000150. The summed E-state index contributed by atoms with van der Waals surface area (Å²) in [7, 11) is 0. The predicted octanol–water partition coefficient (Wildman–Crippen LogP) is -2.29. The third-order valence-electron chi connectivity index (χ3n) is 0. The van der Waals surface area contributed by atoms with Crippen molar-refractivity contribution < 1.29 is 52.8 Å². The van der Waals surface area contributed by atoms with Gasteiger partial charge < -0.3 is 6.22 Å². The number of ketones is 1. The Hall–Kier alpha value is 1.19. The first kappa shape index (κ1) is 15.7. The fourth-order valence-corrected chi connectivity index (χ4v) is 0. The summed E-state index contributed by atoms with van der Waals surface area (Å²) in [6.45, 7) is 3.06. The van der Waals surface area contributed by atoms with Gasteiger partial charge in [-0.1, -0.05) is 0 Å². The van der Waals surface area contributed by atoms with Crippen molar-refractivity contribution in [1.29, 1.82) is 0 Å². The molecular weight excluding hydrogens is 130 g/mol. The Morgan fingerprint density at radius 3 is 1.50 bits per heavy atom. The van der Waals surface area contributed by atoms with E-state index in [2.05, 4.69) is 0 Å². The first-order chi connectivity index (χ1) is 1.73. The van der Waals surface area contributed by atoms with Crippen LogP contribution in [0.5, 0.6) is 0 Å². The second-order valence-electron chi connectivity index (χ2n) is 0.908. The summed E-state index contributed by atoms with van der Waals surface area (Å²) in [5, 5.41) is 0. The van der Waals surface area contributed by atoms with Gasteiger partial charge in [0.15, 0.2) is 0 Å². The third-order valence-corrected chi connectivity index (χ3v) is 0. The Bertz CT molecular complexity index is 37.9. The summed E-state index contributed by atoms with van der Waals surface area (Å²) in [5.41, 5.74) is 0. The van der Waals surface area contributed by atoms with Crippen LogP contribution in [0.1, 0.15) is 15.3 Å².